The van der Waals surface area contributed by atoms with Crippen molar-refractivity contribution in [3.05, 3.63) is 12.2 Å². The third kappa shape index (κ3) is 8.76. The molecule has 0 amide bonds. The number of allylic oxidation sites excluding steroid dienone is 2. The molecule has 0 aromatic heterocycles. The molecular weight excluding hydrogens is 304 g/mol. The van der Waals surface area contributed by atoms with Crippen molar-refractivity contribution in [1.82, 2.24) is 0 Å². The highest BCUT2D eigenvalue weighted by Crippen LogP contribution is 2.36. The van der Waals surface area contributed by atoms with Gasteiger partial charge in [0.1, 0.15) is 0 Å². The van der Waals surface area contributed by atoms with E-state index in [9.17, 15) is 0 Å². The van der Waals surface area contributed by atoms with Crippen LogP contribution >= 0.6 is 0 Å². The molecule has 2 fully saturated rings. The molecule has 0 N–H and O–H groups in total. The van der Waals surface area contributed by atoms with E-state index in [0.717, 1.165) is 24.4 Å². The molecule has 0 spiro atoms. The van der Waals surface area contributed by atoms with Crippen molar-refractivity contribution in [1.29, 1.82) is 0 Å². The third-order valence-electron chi connectivity index (χ3n) is 6.63. The average molecular weight is 349 g/mol. The summed E-state index contributed by atoms with van der Waals surface area (Å²) < 4.78 is 6.07. The molecule has 0 aromatic carbocycles. The van der Waals surface area contributed by atoms with E-state index in [-0.39, 0.29) is 0 Å². The maximum atomic E-state index is 6.07. The summed E-state index contributed by atoms with van der Waals surface area (Å²) in [7, 11) is 0. The Morgan fingerprint density at radius 2 is 1.40 bits per heavy atom. The zero-order valence-electron chi connectivity index (χ0n) is 17.2. The molecule has 0 aromatic rings. The molecule has 0 aliphatic heterocycles. The summed E-state index contributed by atoms with van der Waals surface area (Å²) in [6.07, 6.45) is 26.3. The molecule has 0 radical (unpaired) electrons. The van der Waals surface area contributed by atoms with Crippen LogP contribution in [0, 0.1) is 17.8 Å². The fraction of sp³-hybridized carbons (Fsp3) is 0.917. The normalized spacial score (nSPS) is 30.8. The van der Waals surface area contributed by atoms with E-state index in [2.05, 4.69) is 26.0 Å². The van der Waals surface area contributed by atoms with Gasteiger partial charge in [0.25, 0.3) is 0 Å². The minimum atomic E-state index is 0.582. The maximum absolute atomic E-state index is 6.07. The smallest absolute Gasteiger partial charge is 0.0575 e. The van der Waals surface area contributed by atoms with E-state index in [4.69, 9.17) is 4.74 Å². The highest BCUT2D eigenvalue weighted by Gasteiger charge is 2.24. The lowest BCUT2D eigenvalue weighted by Gasteiger charge is -2.31. The fourth-order valence-electron chi connectivity index (χ4n) is 4.79. The molecule has 0 unspecified atom stereocenters. The van der Waals surface area contributed by atoms with E-state index in [1.54, 1.807) is 0 Å². The van der Waals surface area contributed by atoms with Crippen molar-refractivity contribution in [2.45, 2.75) is 116 Å². The minimum Gasteiger partial charge on any atom is -0.378 e. The summed E-state index contributed by atoms with van der Waals surface area (Å²) >= 11 is 0. The van der Waals surface area contributed by atoms with Gasteiger partial charge in [0.05, 0.1) is 6.10 Å². The Morgan fingerprint density at radius 1 is 0.760 bits per heavy atom. The van der Waals surface area contributed by atoms with Crippen molar-refractivity contribution in [2.75, 3.05) is 6.61 Å². The van der Waals surface area contributed by atoms with Gasteiger partial charge >= 0.3 is 0 Å². The summed E-state index contributed by atoms with van der Waals surface area (Å²) in [4.78, 5) is 0. The van der Waals surface area contributed by atoms with Crippen LogP contribution in [0.4, 0.5) is 0 Å². The van der Waals surface area contributed by atoms with Crippen molar-refractivity contribution in [3.63, 3.8) is 0 Å². The quantitative estimate of drug-likeness (QED) is 0.274. The Kier molecular flexibility index (Phi) is 10.9. The number of ether oxygens (including phenoxy) is 1. The van der Waals surface area contributed by atoms with Gasteiger partial charge in [0.2, 0.25) is 0 Å². The van der Waals surface area contributed by atoms with Gasteiger partial charge in [-0.1, -0.05) is 58.1 Å². The Balaban J connectivity index is 1.51. The topological polar surface area (TPSA) is 9.23 Å². The molecule has 0 atom stereocenters. The van der Waals surface area contributed by atoms with Crippen LogP contribution < -0.4 is 0 Å². The maximum Gasteiger partial charge on any atom is 0.0575 e. The lowest BCUT2D eigenvalue weighted by molar-refractivity contribution is 0.0146. The number of unbranched alkanes of at least 4 members (excludes halogenated alkanes) is 3. The predicted octanol–water partition coefficient (Wildman–Crippen LogP) is 7.69. The second-order valence-corrected chi connectivity index (χ2v) is 8.80. The lowest BCUT2D eigenvalue weighted by atomic mass is 9.77. The van der Waals surface area contributed by atoms with Gasteiger partial charge in [-0.3, -0.25) is 0 Å². The van der Waals surface area contributed by atoms with Gasteiger partial charge in [0.15, 0.2) is 0 Å². The summed E-state index contributed by atoms with van der Waals surface area (Å²) in [6.45, 7) is 5.53. The first-order valence-electron chi connectivity index (χ1n) is 11.6. The number of hydrogen-bond acceptors (Lipinski definition) is 1. The molecule has 2 aliphatic carbocycles. The summed E-state index contributed by atoms with van der Waals surface area (Å²) in [6, 6.07) is 0. The molecule has 2 saturated carbocycles. The second kappa shape index (κ2) is 13.0. The highest BCUT2D eigenvalue weighted by molar-refractivity contribution is 4.91. The Bertz CT molecular complexity index is 332. The first-order chi connectivity index (χ1) is 12.3. The Labute approximate surface area is 158 Å². The Morgan fingerprint density at radius 3 is 2.00 bits per heavy atom. The van der Waals surface area contributed by atoms with Crippen molar-refractivity contribution >= 4 is 0 Å². The van der Waals surface area contributed by atoms with E-state index in [0.29, 0.717) is 6.10 Å². The van der Waals surface area contributed by atoms with E-state index in [1.165, 1.54) is 96.3 Å². The fourth-order valence-corrected chi connectivity index (χ4v) is 4.79. The van der Waals surface area contributed by atoms with Crippen LogP contribution in [0.25, 0.3) is 0 Å². The van der Waals surface area contributed by atoms with Gasteiger partial charge < -0.3 is 4.74 Å². The lowest BCUT2D eigenvalue weighted by Crippen LogP contribution is -2.23. The molecule has 146 valence electrons. The van der Waals surface area contributed by atoms with Crippen LogP contribution in [0.2, 0.25) is 0 Å². The zero-order valence-corrected chi connectivity index (χ0v) is 17.2. The van der Waals surface area contributed by atoms with E-state index < -0.39 is 0 Å². The van der Waals surface area contributed by atoms with Crippen LogP contribution in [0.15, 0.2) is 12.2 Å². The Hall–Kier alpha value is -0.300. The zero-order chi connectivity index (χ0) is 17.7. The van der Waals surface area contributed by atoms with Crippen LogP contribution in [-0.4, -0.2) is 12.7 Å². The largest absolute Gasteiger partial charge is 0.378 e. The van der Waals surface area contributed by atoms with Gasteiger partial charge in [-0.15, -0.1) is 0 Å². The summed E-state index contributed by atoms with van der Waals surface area (Å²) in [5.41, 5.74) is 0. The SMILES string of the molecule is CCC/C=C/C1CCC(CCC2CCC(OCCCCC)CC2)CC1. The number of rotatable bonds is 11. The van der Waals surface area contributed by atoms with E-state index >= 15 is 0 Å². The first kappa shape index (κ1) is 21.0. The van der Waals surface area contributed by atoms with Crippen LogP contribution in [-0.2, 0) is 4.74 Å². The molecule has 0 bridgehead atoms. The van der Waals surface area contributed by atoms with Crippen LogP contribution in [0.3, 0.4) is 0 Å². The van der Waals surface area contributed by atoms with Gasteiger partial charge in [-0.2, -0.15) is 0 Å². The third-order valence-corrected chi connectivity index (χ3v) is 6.63. The molecule has 25 heavy (non-hydrogen) atoms. The summed E-state index contributed by atoms with van der Waals surface area (Å²) in [5, 5.41) is 0. The molecule has 0 heterocycles. The minimum absolute atomic E-state index is 0.582. The van der Waals surface area contributed by atoms with Crippen molar-refractivity contribution in [3.8, 4) is 0 Å². The first-order valence-corrected chi connectivity index (χ1v) is 11.6. The molecule has 1 nitrogen and oxygen atoms in total. The average Bonchev–Trinajstić information content (AvgIpc) is 2.66. The van der Waals surface area contributed by atoms with Crippen molar-refractivity contribution in [2.24, 2.45) is 17.8 Å². The molecule has 2 aliphatic rings. The monoisotopic (exact) mass is 348 g/mol. The standard InChI is InChI=1S/C24H44O/c1-3-5-7-9-21-10-12-22(13-11-21)14-15-23-16-18-24(19-17-23)25-20-8-6-4-2/h7,9,21-24H,3-6,8,10-20H2,1-2H3/b9-7+. The van der Waals surface area contributed by atoms with Gasteiger partial charge in [-0.25, -0.2) is 0 Å². The summed E-state index contributed by atoms with van der Waals surface area (Å²) in [5.74, 6) is 2.92. The highest BCUT2D eigenvalue weighted by atomic mass is 16.5. The molecule has 2 rings (SSSR count). The molecule has 1 heteroatoms. The van der Waals surface area contributed by atoms with Gasteiger partial charge in [0, 0.05) is 6.61 Å². The molecular formula is C24H44O. The van der Waals surface area contributed by atoms with Crippen molar-refractivity contribution < 1.29 is 4.74 Å². The van der Waals surface area contributed by atoms with Crippen LogP contribution in [0.5, 0.6) is 0 Å². The number of hydrogen-bond donors (Lipinski definition) is 0. The van der Waals surface area contributed by atoms with Gasteiger partial charge in [-0.05, 0) is 82.0 Å². The van der Waals surface area contributed by atoms with Crippen LogP contribution in [0.1, 0.15) is 110 Å². The van der Waals surface area contributed by atoms with E-state index in [1.807, 2.05) is 0 Å². The predicted molar refractivity (Wildman–Crippen MR) is 110 cm³/mol. The second-order valence-electron chi connectivity index (χ2n) is 8.80. The molecule has 0 saturated heterocycles.